The zero-order valence-corrected chi connectivity index (χ0v) is 10.3. The third-order valence-electron chi connectivity index (χ3n) is 2.13. The van der Waals surface area contributed by atoms with E-state index in [0.29, 0.717) is 24.2 Å². The minimum atomic E-state index is -0.452. The molecule has 0 bridgehead atoms. The minimum absolute atomic E-state index is 0.0117. The Kier molecular flexibility index (Phi) is 4.84. The predicted octanol–water partition coefficient (Wildman–Crippen LogP) is 1.68. The molecule has 1 rings (SSSR count). The van der Waals surface area contributed by atoms with Gasteiger partial charge in [0.1, 0.15) is 12.3 Å². The molecule has 0 atom stereocenters. The lowest BCUT2D eigenvalue weighted by Gasteiger charge is -2.09. The van der Waals surface area contributed by atoms with Crippen LogP contribution in [0.5, 0.6) is 5.88 Å². The molecule has 94 valence electrons. The molecule has 0 saturated heterocycles. The van der Waals surface area contributed by atoms with Crippen molar-refractivity contribution in [1.82, 2.24) is 10.3 Å². The zero-order valence-electron chi connectivity index (χ0n) is 10.3. The second-order valence-electron chi connectivity index (χ2n) is 3.97. The number of aromatic nitrogens is 1. The number of hydrogen-bond acceptors (Lipinski definition) is 5. The molecule has 0 unspecified atom stereocenters. The minimum Gasteiger partial charge on any atom is -0.476 e. The van der Waals surface area contributed by atoms with Gasteiger partial charge >= 0.3 is 0 Å². The maximum Gasteiger partial charge on any atom is 0.290 e. The molecule has 0 aliphatic carbocycles. The summed E-state index contributed by atoms with van der Waals surface area (Å²) in [6, 6.07) is 3.33. The Morgan fingerprint density at radius 1 is 1.53 bits per heavy atom. The Hall–Kier alpha value is -1.69. The van der Waals surface area contributed by atoms with E-state index in [2.05, 4.69) is 10.3 Å². The molecule has 0 aliphatic heterocycles. The summed E-state index contributed by atoms with van der Waals surface area (Å²) in [5.74, 6) is 0.415. The van der Waals surface area contributed by atoms with E-state index in [1.165, 1.54) is 12.1 Å². The van der Waals surface area contributed by atoms with Gasteiger partial charge in [0.2, 0.25) is 5.88 Å². The number of aryl methyl sites for hydroxylation is 1. The Labute approximate surface area is 100 Å². The molecule has 0 amide bonds. The van der Waals surface area contributed by atoms with Crippen molar-refractivity contribution >= 4 is 5.69 Å². The molecule has 0 saturated carbocycles. The van der Waals surface area contributed by atoms with E-state index in [0.717, 1.165) is 6.54 Å². The van der Waals surface area contributed by atoms with Gasteiger partial charge in [-0.05, 0) is 6.92 Å². The number of ether oxygens (including phenoxy) is 1. The third-order valence-corrected chi connectivity index (χ3v) is 2.13. The summed E-state index contributed by atoms with van der Waals surface area (Å²) < 4.78 is 5.38. The topological polar surface area (TPSA) is 77.3 Å². The molecule has 0 spiro atoms. The summed E-state index contributed by atoms with van der Waals surface area (Å²) >= 11 is 0. The molecule has 1 heterocycles. The van der Waals surface area contributed by atoms with Crippen molar-refractivity contribution in [3.8, 4) is 5.88 Å². The van der Waals surface area contributed by atoms with Crippen molar-refractivity contribution in [2.24, 2.45) is 0 Å². The lowest BCUT2D eigenvalue weighted by Crippen LogP contribution is -2.27. The number of nitro groups is 1. The van der Waals surface area contributed by atoms with Crippen LogP contribution in [0.2, 0.25) is 0 Å². The van der Waals surface area contributed by atoms with Crippen LogP contribution in [0, 0.1) is 17.0 Å². The first kappa shape index (κ1) is 13.4. The van der Waals surface area contributed by atoms with E-state index >= 15 is 0 Å². The fourth-order valence-corrected chi connectivity index (χ4v) is 1.31. The normalized spacial score (nSPS) is 10.6. The van der Waals surface area contributed by atoms with E-state index in [1.54, 1.807) is 6.92 Å². The van der Waals surface area contributed by atoms with Crippen LogP contribution < -0.4 is 10.1 Å². The summed E-state index contributed by atoms with van der Waals surface area (Å²) in [7, 11) is 0. The Bertz CT molecular complexity index is 394. The second-order valence-corrected chi connectivity index (χ2v) is 3.97. The van der Waals surface area contributed by atoms with Gasteiger partial charge in [0, 0.05) is 24.7 Å². The van der Waals surface area contributed by atoms with Crippen LogP contribution in [0.25, 0.3) is 0 Å². The molecular weight excluding hydrogens is 222 g/mol. The molecule has 1 aromatic rings. The lowest BCUT2D eigenvalue weighted by molar-refractivity contribution is -0.385. The highest BCUT2D eigenvalue weighted by atomic mass is 16.6. The first-order valence-electron chi connectivity index (χ1n) is 5.49. The molecule has 6 nitrogen and oxygen atoms in total. The van der Waals surface area contributed by atoms with E-state index < -0.39 is 4.92 Å². The molecule has 6 heteroatoms. The molecule has 1 aromatic heterocycles. The summed E-state index contributed by atoms with van der Waals surface area (Å²) in [5.41, 5.74) is 0.377. The van der Waals surface area contributed by atoms with Crippen molar-refractivity contribution in [3.63, 3.8) is 0 Å². The Balaban J connectivity index is 2.50. The summed E-state index contributed by atoms with van der Waals surface area (Å²) in [4.78, 5) is 14.2. The third kappa shape index (κ3) is 4.36. The first-order chi connectivity index (χ1) is 8.00. The number of hydrogen-bond donors (Lipinski definition) is 1. The van der Waals surface area contributed by atoms with Gasteiger partial charge in [-0.3, -0.25) is 10.1 Å². The molecule has 17 heavy (non-hydrogen) atoms. The van der Waals surface area contributed by atoms with Crippen LogP contribution in [0.3, 0.4) is 0 Å². The largest absolute Gasteiger partial charge is 0.476 e. The van der Waals surface area contributed by atoms with Crippen LogP contribution in [0.15, 0.2) is 12.1 Å². The molecule has 0 radical (unpaired) electrons. The standard InChI is InChI=1S/C11H17N3O3/c1-8(2)12-6-7-17-11-5-4-10(14(15)16)9(3)13-11/h4-5,8,12H,6-7H2,1-3H3. The number of nitrogens with zero attached hydrogens (tertiary/aromatic N) is 2. The highest BCUT2D eigenvalue weighted by Gasteiger charge is 2.11. The van der Waals surface area contributed by atoms with E-state index in [9.17, 15) is 10.1 Å². The second kappa shape index (κ2) is 6.15. The van der Waals surface area contributed by atoms with Gasteiger partial charge in [-0.2, -0.15) is 0 Å². The van der Waals surface area contributed by atoms with Crippen molar-refractivity contribution in [2.75, 3.05) is 13.2 Å². The average Bonchev–Trinajstić information content (AvgIpc) is 2.23. The molecular formula is C11H17N3O3. The zero-order chi connectivity index (χ0) is 12.8. The van der Waals surface area contributed by atoms with Gasteiger partial charge in [-0.15, -0.1) is 0 Å². The molecule has 0 fully saturated rings. The van der Waals surface area contributed by atoms with Gasteiger partial charge in [0.15, 0.2) is 0 Å². The fourth-order valence-electron chi connectivity index (χ4n) is 1.31. The monoisotopic (exact) mass is 239 g/mol. The first-order valence-corrected chi connectivity index (χ1v) is 5.49. The van der Waals surface area contributed by atoms with E-state index in [-0.39, 0.29) is 5.69 Å². The van der Waals surface area contributed by atoms with Crippen molar-refractivity contribution in [3.05, 3.63) is 27.9 Å². The predicted molar refractivity (Wildman–Crippen MR) is 64.3 cm³/mol. The van der Waals surface area contributed by atoms with Crippen LogP contribution in [-0.4, -0.2) is 29.1 Å². The SMILES string of the molecule is Cc1nc(OCCNC(C)C)ccc1[N+](=O)[O-]. The molecule has 0 aliphatic rings. The van der Waals surface area contributed by atoms with Gasteiger partial charge in [-0.25, -0.2) is 4.98 Å². The van der Waals surface area contributed by atoms with Crippen LogP contribution >= 0.6 is 0 Å². The fraction of sp³-hybridized carbons (Fsp3) is 0.545. The number of pyridine rings is 1. The molecule has 1 N–H and O–H groups in total. The summed E-state index contributed by atoms with van der Waals surface area (Å²) in [5, 5.41) is 13.8. The Morgan fingerprint density at radius 3 is 2.76 bits per heavy atom. The van der Waals surface area contributed by atoms with Gasteiger partial charge < -0.3 is 10.1 Å². The van der Waals surface area contributed by atoms with Crippen molar-refractivity contribution in [2.45, 2.75) is 26.8 Å². The Morgan fingerprint density at radius 2 is 2.24 bits per heavy atom. The number of nitrogens with one attached hydrogen (secondary N) is 1. The van der Waals surface area contributed by atoms with Crippen molar-refractivity contribution in [1.29, 1.82) is 0 Å². The van der Waals surface area contributed by atoms with Crippen LogP contribution in [0.4, 0.5) is 5.69 Å². The van der Waals surface area contributed by atoms with Crippen LogP contribution in [0.1, 0.15) is 19.5 Å². The van der Waals surface area contributed by atoms with Crippen LogP contribution in [-0.2, 0) is 0 Å². The highest BCUT2D eigenvalue weighted by Crippen LogP contribution is 2.18. The maximum absolute atomic E-state index is 10.6. The van der Waals surface area contributed by atoms with E-state index in [1.807, 2.05) is 13.8 Å². The lowest BCUT2D eigenvalue weighted by atomic mass is 10.3. The molecule has 0 aromatic carbocycles. The maximum atomic E-state index is 10.6. The van der Waals surface area contributed by atoms with Gasteiger partial charge in [0.05, 0.1) is 4.92 Å². The van der Waals surface area contributed by atoms with Gasteiger partial charge in [-0.1, -0.05) is 13.8 Å². The average molecular weight is 239 g/mol. The quantitative estimate of drug-likeness (QED) is 0.464. The van der Waals surface area contributed by atoms with Crippen molar-refractivity contribution < 1.29 is 9.66 Å². The smallest absolute Gasteiger partial charge is 0.290 e. The summed E-state index contributed by atoms with van der Waals surface area (Å²) in [6.45, 7) is 6.90. The number of rotatable bonds is 6. The summed E-state index contributed by atoms with van der Waals surface area (Å²) in [6.07, 6.45) is 0. The highest BCUT2D eigenvalue weighted by molar-refractivity contribution is 5.36. The van der Waals surface area contributed by atoms with Gasteiger partial charge in [0.25, 0.3) is 5.69 Å². The van der Waals surface area contributed by atoms with E-state index in [4.69, 9.17) is 4.74 Å².